The molecule has 0 aliphatic carbocycles. The molecule has 0 unspecified atom stereocenters. The lowest BCUT2D eigenvalue weighted by atomic mass is 10.3. The smallest absolute Gasteiger partial charge is 0.348 e. The number of hydrogen-bond acceptors (Lipinski definition) is 5. The van der Waals surface area contributed by atoms with E-state index in [1.54, 1.807) is 0 Å². The molecule has 1 N–H and O–H groups in total. The molecule has 1 aromatic heterocycles. The summed E-state index contributed by atoms with van der Waals surface area (Å²) in [5.74, 6) is 0.127. The first kappa shape index (κ1) is 12.4. The van der Waals surface area contributed by atoms with Crippen LogP contribution in [0, 0.1) is 10.1 Å². The van der Waals surface area contributed by atoms with Crippen molar-refractivity contribution in [3.8, 4) is 0 Å². The molecule has 86 valence electrons. The second-order valence-electron chi connectivity index (χ2n) is 3.28. The van der Waals surface area contributed by atoms with Crippen molar-refractivity contribution in [1.82, 2.24) is 9.97 Å². The summed E-state index contributed by atoms with van der Waals surface area (Å²) in [7, 11) is 0. The van der Waals surface area contributed by atoms with Crippen LogP contribution in [0.5, 0.6) is 0 Å². The Balaban J connectivity index is 2.91. The monoisotopic (exact) mass is 242 g/mol. The van der Waals surface area contributed by atoms with Crippen LogP contribution in [0.15, 0.2) is 18.0 Å². The van der Waals surface area contributed by atoms with Crippen molar-refractivity contribution < 1.29 is 4.92 Å². The maximum Gasteiger partial charge on any atom is 0.348 e. The number of rotatable bonds is 4. The van der Waals surface area contributed by atoms with E-state index in [4.69, 9.17) is 11.6 Å². The summed E-state index contributed by atoms with van der Waals surface area (Å²) in [6, 6.07) is 0. The summed E-state index contributed by atoms with van der Waals surface area (Å²) in [5, 5.41) is 13.4. The van der Waals surface area contributed by atoms with E-state index in [1.165, 1.54) is 6.33 Å². The van der Waals surface area contributed by atoms with Gasteiger partial charge in [-0.3, -0.25) is 10.1 Å². The van der Waals surface area contributed by atoms with Crippen molar-refractivity contribution in [2.75, 3.05) is 11.9 Å². The van der Waals surface area contributed by atoms with Crippen LogP contribution in [0.25, 0.3) is 0 Å². The highest BCUT2D eigenvalue weighted by Crippen LogP contribution is 2.27. The molecular weight excluding hydrogens is 232 g/mol. The molecule has 0 aromatic carbocycles. The number of nitro groups is 1. The second-order valence-corrected chi connectivity index (χ2v) is 3.64. The molecule has 0 saturated carbocycles. The average molecular weight is 243 g/mol. The van der Waals surface area contributed by atoms with E-state index in [2.05, 4.69) is 15.3 Å². The number of hydrogen-bond donors (Lipinski definition) is 1. The van der Waals surface area contributed by atoms with E-state index < -0.39 is 4.92 Å². The predicted molar refractivity (Wildman–Crippen MR) is 61.6 cm³/mol. The Morgan fingerprint density at radius 2 is 2.31 bits per heavy atom. The lowest BCUT2D eigenvalue weighted by Gasteiger charge is -2.03. The fraction of sp³-hybridized carbons (Fsp3) is 0.333. The Bertz CT molecular complexity index is 430. The predicted octanol–water partition coefficient (Wildman–Crippen LogP) is 2.42. The molecule has 16 heavy (non-hydrogen) atoms. The molecule has 7 heteroatoms. The number of allylic oxidation sites excluding steroid dienone is 1. The average Bonchev–Trinajstić information content (AvgIpc) is 2.16. The van der Waals surface area contributed by atoms with E-state index in [9.17, 15) is 10.1 Å². The van der Waals surface area contributed by atoms with Gasteiger partial charge < -0.3 is 5.32 Å². The van der Waals surface area contributed by atoms with Gasteiger partial charge in [0.05, 0.1) is 4.92 Å². The van der Waals surface area contributed by atoms with Gasteiger partial charge in [0.15, 0.2) is 0 Å². The van der Waals surface area contributed by atoms with Gasteiger partial charge in [-0.15, -0.1) is 0 Å². The molecule has 0 aliphatic heterocycles. The second kappa shape index (κ2) is 5.41. The number of anilines is 1. The number of nitrogens with one attached hydrogen (secondary N) is 1. The molecule has 0 spiro atoms. The molecule has 0 saturated heterocycles. The lowest BCUT2D eigenvalue weighted by molar-refractivity contribution is -0.384. The van der Waals surface area contributed by atoms with Crippen LogP contribution in [0.3, 0.4) is 0 Å². The van der Waals surface area contributed by atoms with Gasteiger partial charge in [-0.05, 0) is 13.8 Å². The normalized spacial score (nSPS) is 9.69. The molecule has 0 atom stereocenters. The Kier molecular flexibility index (Phi) is 4.19. The minimum Gasteiger partial charge on any atom is -0.361 e. The zero-order chi connectivity index (χ0) is 12.1. The first-order chi connectivity index (χ1) is 7.52. The fourth-order valence-electron chi connectivity index (χ4n) is 1.00. The highest BCUT2D eigenvalue weighted by Gasteiger charge is 2.20. The SMILES string of the molecule is CC(C)=CCNc1ncnc(Cl)c1[N+](=O)[O-]. The van der Waals surface area contributed by atoms with E-state index in [0.717, 1.165) is 5.57 Å². The quantitative estimate of drug-likeness (QED) is 0.380. The van der Waals surface area contributed by atoms with Crippen molar-refractivity contribution in [3.05, 3.63) is 33.2 Å². The number of nitrogens with zero attached hydrogens (tertiary/aromatic N) is 3. The molecule has 0 radical (unpaired) electrons. The molecule has 0 bridgehead atoms. The first-order valence-electron chi connectivity index (χ1n) is 4.54. The van der Waals surface area contributed by atoms with Crippen LogP contribution in [-0.2, 0) is 0 Å². The van der Waals surface area contributed by atoms with Crippen LogP contribution in [-0.4, -0.2) is 21.4 Å². The summed E-state index contributed by atoms with van der Waals surface area (Å²) < 4.78 is 0. The molecule has 1 rings (SSSR count). The zero-order valence-corrected chi connectivity index (χ0v) is 9.65. The Morgan fingerprint density at radius 3 is 2.88 bits per heavy atom. The van der Waals surface area contributed by atoms with Crippen LogP contribution in [0.2, 0.25) is 5.15 Å². The van der Waals surface area contributed by atoms with Gasteiger partial charge in [0.25, 0.3) is 0 Å². The molecular formula is C9H11ClN4O2. The molecule has 1 heterocycles. The minimum atomic E-state index is -0.604. The maximum atomic E-state index is 10.7. The van der Waals surface area contributed by atoms with Crippen molar-refractivity contribution in [2.45, 2.75) is 13.8 Å². The van der Waals surface area contributed by atoms with Crippen LogP contribution in [0.1, 0.15) is 13.8 Å². The largest absolute Gasteiger partial charge is 0.361 e. The number of halogens is 1. The van der Waals surface area contributed by atoms with Gasteiger partial charge in [0.1, 0.15) is 6.33 Å². The molecule has 0 aliphatic rings. The van der Waals surface area contributed by atoms with Crippen molar-refractivity contribution in [3.63, 3.8) is 0 Å². The van der Waals surface area contributed by atoms with Crippen LogP contribution in [0.4, 0.5) is 11.5 Å². The van der Waals surface area contributed by atoms with Gasteiger partial charge in [0.2, 0.25) is 11.0 Å². The lowest BCUT2D eigenvalue weighted by Crippen LogP contribution is -2.05. The van der Waals surface area contributed by atoms with Gasteiger partial charge in [-0.2, -0.15) is 0 Å². The van der Waals surface area contributed by atoms with Crippen LogP contribution < -0.4 is 5.32 Å². The minimum absolute atomic E-state index is 0.127. The van der Waals surface area contributed by atoms with Crippen LogP contribution >= 0.6 is 11.6 Å². The van der Waals surface area contributed by atoms with Gasteiger partial charge in [-0.1, -0.05) is 23.3 Å². The molecule has 6 nitrogen and oxygen atoms in total. The summed E-state index contributed by atoms with van der Waals surface area (Å²) in [4.78, 5) is 17.5. The zero-order valence-electron chi connectivity index (χ0n) is 8.90. The van der Waals surface area contributed by atoms with Gasteiger partial charge in [-0.25, -0.2) is 9.97 Å². The summed E-state index contributed by atoms with van der Waals surface area (Å²) in [5.41, 5.74) is 0.807. The topological polar surface area (TPSA) is 81.0 Å². The van der Waals surface area contributed by atoms with E-state index in [0.29, 0.717) is 6.54 Å². The summed E-state index contributed by atoms with van der Waals surface area (Å²) >= 11 is 5.62. The molecule has 0 amide bonds. The summed E-state index contributed by atoms with van der Waals surface area (Å²) in [6.07, 6.45) is 3.07. The van der Waals surface area contributed by atoms with Crippen molar-refractivity contribution in [2.24, 2.45) is 0 Å². The first-order valence-corrected chi connectivity index (χ1v) is 4.92. The molecule has 0 fully saturated rings. The third-order valence-electron chi connectivity index (χ3n) is 1.74. The van der Waals surface area contributed by atoms with E-state index in [1.807, 2.05) is 19.9 Å². The standard InChI is InChI=1S/C9H11ClN4O2/c1-6(2)3-4-11-9-7(14(15)16)8(10)12-5-13-9/h3,5H,4H2,1-2H3,(H,11,12,13). The van der Waals surface area contributed by atoms with Gasteiger partial charge in [0, 0.05) is 6.54 Å². The molecule has 1 aromatic rings. The number of aromatic nitrogens is 2. The third-order valence-corrected chi connectivity index (χ3v) is 2.02. The maximum absolute atomic E-state index is 10.7. The fourth-order valence-corrected chi connectivity index (χ4v) is 1.20. The Labute approximate surface area is 97.5 Å². The van der Waals surface area contributed by atoms with Crippen molar-refractivity contribution >= 4 is 23.1 Å². The Morgan fingerprint density at radius 1 is 1.62 bits per heavy atom. The van der Waals surface area contributed by atoms with Crippen molar-refractivity contribution in [1.29, 1.82) is 0 Å². The van der Waals surface area contributed by atoms with E-state index in [-0.39, 0.29) is 16.7 Å². The Hall–Kier alpha value is -1.69. The summed E-state index contributed by atoms with van der Waals surface area (Å²) in [6.45, 7) is 4.32. The van der Waals surface area contributed by atoms with E-state index >= 15 is 0 Å². The highest BCUT2D eigenvalue weighted by atomic mass is 35.5. The highest BCUT2D eigenvalue weighted by molar-refractivity contribution is 6.31. The third kappa shape index (κ3) is 3.16. The van der Waals surface area contributed by atoms with Gasteiger partial charge >= 0.3 is 5.69 Å².